The molecule has 1 aromatic carbocycles. The highest BCUT2D eigenvalue weighted by atomic mass is 16.6. The van der Waals surface area contributed by atoms with E-state index in [0.717, 1.165) is 11.8 Å². The first-order valence-electron chi connectivity index (χ1n) is 9.58. The summed E-state index contributed by atoms with van der Waals surface area (Å²) >= 11 is 0. The second-order valence-electron chi connectivity index (χ2n) is 7.01. The highest BCUT2D eigenvalue weighted by Gasteiger charge is 2.19. The van der Waals surface area contributed by atoms with E-state index in [2.05, 4.69) is 66.3 Å². The smallest absolute Gasteiger partial charge is 0.333 e. The normalized spacial score (nSPS) is 18.9. The van der Waals surface area contributed by atoms with E-state index in [9.17, 15) is 9.59 Å². The largest absolute Gasteiger partial charge is 0.464 e. The average molecular weight is 373 g/mol. The van der Waals surface area contributed by atoms with Crippen molar-refractivity contribution in [1.29, 1.82) is 0 Å². The number of carbonyl (C=O) groups excluding carboxylic acids is 2. The van der Waals surface area contributed by atoms with Crippen molar-refractivity contribution in [1.82, 2.24) is 0 Å². The number of allylic oxidation sites excluding steroid dienone is 1. The molecule has 4 heteroatoms. The molecule has 0 amide bonds. The number of benzene rings is 1. The lowest BCUT2D eigenvalue weighted by atomic mass is 9.79. The standard InChI is InChI=1S/C16H22.C7H10O4/c1-3-4-14-7-11-16(12-8-14)15-9-5-13(2)6-10-15;1-6(2)7(9)11-4-3-10-5-8/h3-4,7-8,11-13,15H,5-6,9-10H2,1-2H3;5H,1,3-4H2,2H3/b4-3+;. The van der Waals surface area contributed by atoms with Crippen molar-refractivity contribution in [2.24, 2.45) is 5.92 Å². The van der Waals surface area contributed by atoms with E-state index < -0.39 is 5.97 Å². The molecule has 0 bridgehead atoms. The maximum absolute atomic E-state index is 10.6. The van der Waals surface area contributed by atoms with Crippen molar-refractivity contribution < 1.29 is 19.1 Å². The number of rotatable bonds is 7. The molecule has 148 valence electrons. The van der Waals surface area contributed by atoms with E-state index in [1.165, 1.54) is 31.2 Å². The lowest BCUT2D eigenvalue weighted by Crippen LogP contribution is -2.10. The van der Waals surface area contributed by atoms with Gasteiger partial charge in [0.15, 0.2) is 0 Å². The molecule has 27 heavy (non-hydrogen) atoms. The van der Waals surface area contributed by atoms with Gasteiger partial charge < -0.3 is 9.47 Å². The van der Waals surface area contributed by atoms with Crippen LogP contribution in [0.15, 0.2) is 42.5 Å². The lowest BCUT2D eigenvalue weighted by Gasteiger charge is -2.26. The van der Waals surface area contributed by atoms with Gasteiger partial charge in [-0.1, -0.05) is 62.8 Å². The van der Waals surface area contributed by atoms with Gasteiger partial charge in [0.2, 0.25) is 0 Å². The summed E-state index contributed by atoms with van der Waals surface area (Å²) in [5, 5.41) is 0. The van der Waals surface area contributed by atoms with Gasteiger partial charge in [-0.2, -0.15) is 0 Å². The van der Waals surface area contributed by atoms with Gasteiger partial charge in [0, 0.05) is 5.57 Å². The Labute approximate surface area is 163 Å². The van der Waals surface area contributed by atoms with Gasteiger partial charge in [-0.3, -0.25) is 4.79 Å². The first-order chi connectivity index (χ1) is 13.0. The molecule has 0 saturated heterocycles. The van der Waals surface area contributed by atoms with Crippen LogP contribution in [-0.2, 0) is 19.1 Å². The zero-order valence-corrected chi connectivity index (χ0v) is 16.8. The zero-order chi connectivity index (χ0) is 20.1. The molecule has 1 saturated carbocycles. The van der Waals surface area contributed by atoms with Gasteiger partial charge in [0.1, 0.15) is 13.2 Å². The highest BCUT2D eigenvalue weighted by Crippen LogP contribution is 2.35. The molecule has 0 aliphatic heterocycles. The highest BCUT2D eigenvalue weighted by molar-refractivity contribution is 5.86. The van der Waals surface area contributed by atoms with Crippen LogP contribution in [0.4, 0.5) is 0 Å². The third-order valence-electron chi connectivity index (χ3n) is 4.63. The first-order valence-corrected chi connectivity index (χ1v) is 9.58. The maximum Gasteiger partial charge on any atom is 0.333 e. The molecule has 4 nitrogen and oxygen atoms in total. The molecule has 1 fully saturated rings. The van der Waals surface area contributed by atoms with Crippen LogP contribution < -0.4 is 0 Å². The number of carbonyl (C=O) groups is 2. The summed E-state index contributed by atoms with van der Waals surface area (Å²) in [6, 6.07) is 9.12. The Morgan fingerprint density at radius 1 is 1.15 bits per heavy atom. The molecule has 2 rings (SSSR count). The first kappa shape index (κ1) is 22.7. The fourth-order valence-corrected chi connectivity index (χ4v) is 3.02. The summed E-state index contributed by atoms with van der Waals surface area (Å²) in [7, 11) is 0. The monoisotopic (exact) mass is 372 g/mol. The second kappa shape index (κ2) is 12.9. The molecule has 0 radical (unpaired) electrons. The number of ether oxygens (including phenoxy) is 2. The van der Waals surface area contributed by atoms with E-state index in [-0.39, 0.29) is 13.2 Å². The lowest BCUT2D eigenvalue weighted by molar-refractivity contribution is -0.143. The van der Waals surface area contributed by atoms with Crippen molar-refractivity contribution in [2.45, 2.75) is 52.4 Å². The number of hydrogen-bond donors (Lipinski definition) is 0. The second-order valence-corrected chi connectivity index (χ2v) is 7.01. The van der Waals surface area contributed by atoms with Crippen LogP contribution in [0.2, 0.25) is 0 Å². The van der Waals surface area contributed by atoms with Crippen LogP contribution >= 0.6 is 0 Å². The third-order valence-corrected chi connectivity index (χ3v) is 4.63. The van der Waals surface area contributed by atoms with Gasteiger partial charge in [0.25, 0.3) is 6.47 Å². The van der Waals surface area contributed by atoms with Crippen molar-refractivity contribution in [3.05, 3.63) is 53.6 Å². The van der Waals surface area contributed by atoms with Crippen LogP contribution in [0.1, 0.15) is 63.5 Å². The summed E-state index contributed by atoms with van der Waals surface area (Å²) in [5.41, 5.74) is 3.19. The van der Waals surface area contributed by atoms with E-state index in [1.54, 1.807) is 12.5 Å². The SMILES string of the molecule is C/C=C/c1ccc(C2CCC(C)CC2)cc1.C=C(C)C(=O)OCCOC=O. The Balaban J connectivity index is 0.000000293. The fourth-order valence-electron chi connectivity index (χ4n) is 3.02. The summed E-state index contributed by atoms with van der Waals surface area (Å²) in [4.78, 5) is 20.2. The van der Waals surface area contributed by atoms with Crippen molar-refractivity contribution >= 4 is 18.5 Å². The van der Waals surface area contributed by atoms with Crippen molar-refractivity contribution in [3.8, 4) is 0 Å². The molecule has 1 aromatic rings. The molecule has 1 aliphatic rings. The van der Waals surface area contributed by atoms with Crippen LogP contribution in [0.3, 0.4) is 0 Å². The molecule has 0 unspecified atom stereocenters. The summed E-state index contributed by atoms with van der Waals surface area (Å²) in [5.74, 6) is 1.29. The molecule has 0 spiro atoms. The van der Waals surface area contributed by atoms with Gasteiger partial charge in [-0.15, -0.1) is 0 Å². The Morgan fingerprint density at radius 2 is 1.78 bits per heavy atom. The van der Waals surface area contributed by atoms with Crippen molar-refractivity contribution in [3.63, 3.8) is 0 Å². The van der Waals surface area contributed by atoms with E-state index in [4.69, 9.17) is 0 Å². The van der Waals surface area contributed by atoms with Crippen LogP contribution in [0.25, 0.3) is 6.08 Å². The minimum Gasteiger partial charge on any atom is -0.464 e. The van der Waals surface area contributed by atoms with Crippen LogP contribution in [0, 0.1) is 5.92 Å². The Hall–Kier alpha value is -2.36. The Morgan fingerprint density at radius 3 is 2.30 bits per heavy atom. The summed E-state index contributed by atoms with van der Waals surface area (Å²) in [6.45, 7) is 9.82. The predicted octanol–water partition coefficient (Wildman–Crippen LogP) is 5.29. The summed E-state index contributed by atoms with van der Waals surface area (Å²) in [6.07, 6.45) is 9.82. The molecule has 1 aliphatic carbocycles. The quantitative estimate of drug-likeness (QED) is 0.282. The van der Waals surface area contributed by atoms with Gasteiger partial charge >= 0.3 is 5.97 Å². The van der Waals surface area contributed by atoms with Crippen LogP contribution in [-0.4, -0.2) is 25.7 Å². The molecule has 0 heterocycles. The topological polar surface area (TPSA) is 52.6 Å². The van der Waals surface area contributed by atoms with E-state index >= 15 is 0 Å². The number of esters is 1. The predicted molar refractivity (Wildman–Crippen MR) is 109 cm³/mol. The molecule has 0 atom stereocenters. The molecule has 0 aromatic heterocycles. The minimum atomic E-state index is -0.473. The van der Waals surface area contributed by atoms with Gasteiger partial charge in [0.05, 0.1) is 0 Å². The van der Waals surface area contributed by atoms with Crippen LogP contribution in [0.5, 0.6) is 0 Å². The maximum atomic E-state index is 10.6. The van der Waals surface area contributed by atoms with E-state index in [0.29, 0.717) is 12.0 Å². The molecular weight excluding hydrogens is 340 g/mol. The van der Waals surface area contributed by atoms with Crippen molar-refractivity contribution in [2.75, 3.05) is 13.2 Å². The Kier molecular flexibility index (Phi) is 10.8. The molecular formula is C23H32O4. The van der Waals surface area contributed by atoms with E-state index in [1.807, 2.05) is 0 Å². The summed E-state index contributed by atoms with van der Waals surface area (Å²) < 4.78 is 8.86. The third kappa shape index (κ3) is 9.23. The van der Waals surface area contributed by atoms with Gasteiger partial charge in [-0.05, 0) is 49.7 Å². The zero-order valence-electron chi connectivity index (χ0n) is 16.8. The number of hydrogen-bond acceptors (Lipinski definition) is 4. The van der Waals surface area contributed by atoms with Gasteiger partial charge in [-0.25, -0.2) is 4.79 Å². The average Bonchev–Trinajstić information content (AvgIpc) is 2.67. The fraction of sp³-hybridized carbons (Fsp3) is 0.478. The Bertz CT molecular complexity index is 608. The molecule has 0 N–H and O–H groups in total. The minimum absolute atomic E-state index is 0.0738.